The van der Waals surface area contributed by atoms with Gasteiger partial charge in [0.1, 0.15) is 47.9 Å². The monoisotopic (exact) mass is 1460 g/mol. The summed E-state index contributed by atoms with van der Waals surface area (Å²) < 4.78 is 219. The zero-order valence-electron chi connectivity index (χ0n) is 53.2. The number of aromatic hydroxyl groups is 1. The lowest BCUT2D eigenvalue weighted by Gasteiger charge is -2.41. The number of amides is 2. The van der Waals surface area contributed by atoms with Gasteiger partial charge in [-0.1, -0.05) is 78.9 Å². The smallest absolute Gasteiger partial charge is 0.342 e. The van der Waals surface area contributed by atoms with Crippen LogP contribution in [0, 0.1) is 58.2 Å². The molecule has 0 unspecified atom stereocenters. The third-order valence-corrected chi connectivity index (χ3v) is 21.1. The number of ether oxygens (including phenoxy) is 4. The number of carbonyl (C=O) groups excluding carboxylic acids is 3. The van der Waals surface area contributed by atoms with Crippen molar-refractivity contribution in [3.63, 3.8) is 0 Å². The Kier molecular flexibility index (Phi) is 22.2. The van der Waals surface area contributed by atoms with Crippen LogP contribution < -0.4 is 14.5 Å². The van der Waals surface area contributed by atoms with E-state index in [0.717, 1.165) is 52.3 Å². The number of benzene rings is 6. The van der Waals surface area contributed by atoms with Gasteiger partial charge < -0.3 is 39.0 Å². The van der Waals surface area contributed by atoms with Crippen LogP contribution in [0.4, 0.5) is 55.3 Å². The van der Waals surface area contributed by atoms with E-state index in [1.807, 2.05) is 18.2 Å². The summed E-state index contributed by atoms with van der Waals surface area (Å²) in [6.07, 6.45) is 6.75. The maximum absolute atomic E-state index is 14.8. The summed E-state index contributed by atoms with van der Waals surface area (Å²) in [4.78, 5) is 60.2. The summed E-state index contributed by atoms with van der Waals surface area (Å²) >= 11 is 0. The number of aromatic nitrogens is 2. The third kappa shape index (κ3) is 15.2. The molecule has 2 amide bonds. The summed E-state index contributed by atoms with van der Waals surface area (Å²) in [6.45, 7) is 0.637. The lowest BCUT2D eigenvalue weighted by molar-refractivity contribution is -0.125. The molecular weight excluding hydrogens is 1400 g/mol. The van der Waals surface area contributed by atoms with Crippen molar-refractivity contribution in [1.82, 2.24) is 18.6 Å². The molecule has 0 bridgehead atoms. The number of sulfonamides is 2. The molecule has 12 rings (SSSR count). The van der Waals surface area contributed by atoms with Crippen molar-refractivity contribution < 1.29 is 111 Å². The molecule has 3 saturated heterocycles. The summed E-state index contributed by atoms with van der Waals surface area (Å²) in [7, 11) is -10.9. The van der Waals surface area contributed by atoms with Gasteiger partial charge in [0.15, 0.2) is 56.3 Å². The number of phenols is 1. The molecule has 8 aromatic rings. The highest BCUT2D eigenvalue weighted by Gasteiger charge is 2.50. The second-order valence-corrected chi connectivity index (χ2v) is 27.2. The van der Waals surface area contributed by atoms with Crippen molar-refractivity contribution in [1.29, 1.82) is 0 Å². The molecule has 536 valence electrons. The minimum atomic E-state index is -5.45. The minimum absolute atomic E-state index is 0. The zero-order valence-corrected chi connectivity index (χ0v) is 54.8. The van der Waals surface area contributed by atoms with Gasteiger partial charge in [0.25, 0.3) is 0 Å². The fourth-order valence-electron chi connectivity index (χ4n) is 11.6. The molecule has 2 aromatic heterocycles. The maximum atomic E-state index is 14.8. The Morgan fingerprint density at radius 3 is 1.46 bits per heavy atom. The van der Waals surface area contributed by atoms with E-state index in [2.05, 4.69) is 9.97 Å². The van der Waals surface area contributed by atoms with Gasteiger partial charge in [0.2, 0.25) is 43.5 Å². The van der Waals surface area contributed by atoms with Crippen molar-refractivity contribution in [2.24, 2.45) is 0 Å². The zero-order chi connectivity index (χ0) is 72.9. The fourth-order valence-corrected chi connectivity index (χ4v) is 15.1. The molecule has 0 radical (unpaired) electrons. The predicted molar refractivity (Wildman–Crippen MR) is 344 cm³/mol. The Balaban J connectivity index is 0.000000228. The SMILES string of the molecule is O=C(O)c1ccc(N(Cc2ccc(C3CCOCC3)nc2)C(=O)[C@H]2CCN2S(=O)(=O)c2c(F)c(F)c(F)c(F)c2F)cc1O.O=C(OCc1ccccc1)c1ccc(N(Cc2ccc(C3=CCOCC3)nc2)C(=O)[C@H]2CCN2S(=O)(=O)c2c(F)c(F)c(F)c(F)c2F)cc1OCc1ccccc1.[HH]. The standard InChI is InChI=1S/C42H34F5N3O7S.C28H24F5N3O7S.H2/c43-35-36(44)38(46)40(39(47)37(35)45)58(53,54)50-18-15-33(50)41(51)49(23-28-11-14-32(48-22-28)29-16-19-55-20-17-29)30-12-13-31(42(52)57-25-27-9-5-2-6-10-27)34(21-30)56-24-26-7-3-1-4-8-26;29-21-22(30)24(32)26(25(33)23(21)31)44(41,42)36-8-5-19(36)27(38)35(16-2-3-17(28(39)40)20(37)11-16)13-14-1-4-18(34-12-14)15-6-9-43-10-7-15;/h1-14,16,21-22,33H,15,17-20,23-25H2;1-4,11-12,15,19,37H,5-10,13H2,(H,39,40);1H/t33-;19-;/m11./s1. The molecule has 4 aliphatic heterocycles. The van der Waals surface area contributed by atoms with Crippen LogP contribution in [-0.2, 0) is 70.1 Å². The highest BCUT2D eigenvalue weighted by molar-refractivity contribution is 7.89. The molecule has 6 aromatic carbocycles. The number of nitrogens with zero attached hydrogens (tertiary/aromatic N) is 6. The normalized spacial score (nSPS) is 16.5. The number of hydrogen-bond acceptors (Lipinski definition) is 15. The number of anilines is 2. The molecule has 0 spiro atoms. The van der Waals surface area contributed by atoms with Crippen molar-refractivity contribution in [2.75, 3.05) is 49.3 Å². The first kappa shape index (κ1) is 73.1. The minimum Gasteiger partial charge on any atom is -0.507 e. The van der Waals surface area contributed by atoms with Gasteiger partial charge in [-0.3, -0.25) is 19.6 Å². The van der Waals surface area contributed by atoms with Gasteiger partial charge in [-0.2, -0.15) is 8.61 Å². The molecule has 32 heteroatoms. The van der Waals surface area contributed by atoms with Crippen LogP contribution in [0.25, 0.3) is 5.57 Å². The Hall–Kier alpha value is -10.1. The molecule has 102 heavy (non-hydrogen) atoms. The predicted octanol–water partition coefficient (Wildman–Crippen LogP) is 11.8. The maximum Gasteiger partial charge on any atom is 0.342 e. The van der Waals surface area contributed by atoms with Gasteiger partial charge in [0.05, 0.1) is 32.0 Å². The lowest BCUT2D eigenvalue weighted by atomic mass is 9.95. The first-order valence-electron chi connectivity index (χ1n) is 31.3. The number of halogens is 10. The average Bonchev–Trinajstić information content (AvgIpc) is 0.741. The number of hydrogen-bond donors (Lipinski definition) is 2. The molecule has 0 saturated carbocycles. The molecule has 2 N–H and O–H groups in total. The number of aromatic carboxylic acids is 1. The largest absolute Gasteiger partial charge is 0.507 e. The second-order valence-electron chi connectivity index (χ2n) is 23.6. The van der Waals surface area contributed by atoms with E-state index in [1.165, 1.54) is 41.6 Å². The summed E-state index contributed by atoms with van der Waals surface area (Å²) in [6, 6.07) is 29.0. The van der Waals surface area contributed by atoms with E-state index in [0.29, 0.717) is 58.3 Å². The Morgan fingerprint density at radius 2 is 1.02 bits per heavy atom. The van der Waals surface area contributed by atoms with E-state index < -0.39 is 148 Å². The first-order valence-corrected chi connectivity index (χ1v) is 34.2. The second kappa shape index (κ2) is 31.0. The van der Waals surface area contributed by atoms with Gasteiger partial charge in [0, 0.05) is 75.2 Å². The summed E-state index contributed by atoms with van der Waals surface area (Å²) in [5.41, 5.74) is 4.42. The van der Waals surface area contributed by atoms with Crippen LogP contribution >= 0.6 is 0 Å². The number of carboxylic acids is 1. The molecular formula is C70H60F10N6O14S2. The Labute approximate surface area is 577 Å². The van der Waals surface area contributed by atoms with Crippen LogP contribution in [0.2, 0.25) is 0 Å². The molecule has 6 heterocycles. The van der Waals surface area contributed by atoms with E-state index in [9.17, 15) is 90.1 Å². The van der Waals surface area contributed by atoms with Gasteiger partial charge in [-0.25, -0.2) is 70.3 Å². The lowest BCUT2D eigenvalue weighted by Crippen LogP contribution is -2.59. The molecule has 0 aliphatic carbocycles. The third-order valence-electron chi connectivity index (χ3n) is 17.3. The Bertz CT molecular complexity index is 4750. The number of carboxylic acid groups (broad SMARTS) is 1. The summed E-state index contributed by atoms with van der Waals surface area (Å²) in [5, 5.41) is 19.6. The number of esters is 1. The van der Waals surface area contributed by atoms with Crippen LogP contribution in [0.1, 0.15) is 93.8 Å². The van der Waals surface area contributed by atoms with Crippen LogP contribution in [0.5, 0.6) is 11.5 Å². The van der Waals surface area contributed by atoms with Crippen LogP contribution in [0.3, 0.4) is 0 Å². The average molecular weight is 1460 g/mol. The summed E-state index contributed by atoms with van der Waals surface area (Å²) in [5.74, 6) is -29.7. The molecule has 3 fully saturated rings. The molecule has 4 aliphatic rings. The van der Waals surface area contributed by atoms with Gasteiger partial charge >= 0.3 is 11.9 Å². The van der Waals surface area contributed by atoms with Crippen molar-refractivity contribution in [3.8, 4) is 11.5 Å². The molecule has 2 atom stereocenters. The first-order chi connectivity index (χ1) is 48.8. The van der Waals surface area contributed by atoms with E-state index in [4.69, 9.17) is 18.9 Å². The topological polar surface area (TPSA) is 253 Å². The van der Waals surface area contributed by atoms with Crippen molar-refractivity contribution in [2.45, 2.75) is 86.2 Å². The van der Waals surface area contributed by atoms with Gasteiger partial charge in [-0.15, -0.1) is 0 Å². The fraction of sp³-hybridized carbons (Fsp3) is 0.257. The molecule has 20 nitrogen and oxygen atoms in total. The number of carbonyl (C=O) groups is 4. The highest BCUT2D eigenvalue weighted by atomic mass is 32.2. The van der Waals surface area contributed by atoms with Crippen LogP contribution in [0.15, 0.2) is 150 Å². The van der Waals surface area contributed by atoms with Gasteiger partial charge in [-0.05, 0) is 96.3 Å². The Morgan fingerprint density at radius 1 is 0.539 bits per heavy atom. The van der Waals surface area contributed by atoms with Crippen molar-refractivity contribution >= 4 is 60.7 Å². The van der Waals surface area contributed by atoms with E-state index >= 15 is 0 Å². The van der Waals surface area contributed by atoms with Crippen molar-refractivity contribution in [3.05, 3.63) is 243 Å². The number of pyridine rings is 2. The van der Waals surface area contributed by atoms with E-state index in [-0.39, 0.29) is 69.2 Å². The highest BCUT2D eigenvalue weighted by Crippen LogP contribution is 2.39. The van der Waals surface area contributed by atoms with E-state index in [1.54, 1.807) is 72.8 Å². The quantitative estimate of drug-likeness (QED) is 0.0293. The van der Waals surface area contributed by atoms with Crippen LogP contribution in [-0.4, -0.2) is 121 Å². The number of rotatable bonds is 21.